The Morgan fingerprint density at radius 2 is 2.21 bits per heavy atom. The van der Waals surface area contributed by atoms with E-state index in [1.54, 1.807) is 13.2 Å². The summed E-state index contributed by atoms with van der Waals surface area (Å²) in [5, 5.41) is 6.09. The van der Waals surface area contributed by atoms with E-state index in [9.17, 15) is 4.79 Å². The van der Waals surface area contributed by atoms with E-state index in [0.717, 1.165) is 37.5 Å². The molecule has 1 heterocycles. The first-order chi connectivity index (χ1) is 9.28. The number of hydrogen-bond donors (Lipinski definition) is 2. The number of carbonyl (C=O) groups is 1. The maximum absolute atomic E-state index is 11.8. The summed E-state index contributed by atoms with van der Waals surface area (Å²) < 4.78 is 10.4. The van der Waals surface area contributed by atoms with Gasteiger partial charge < -0.3 is 20.1 Å². The molecule has 0 unspecified atom stereocenters. The van der Waals surface area contributed by atoms with Gasteiger partial charge in [0.1, 0.15) is 5.75 Å². The average Bonchev–Trinajstić information content (AvgIpc) is 2.46. The van der Waals surface area contributed by atoms with Crippen molar-refractivity contribution in [2.24, 2.45) is 0 Å². The van der Waals surface area contributed by atoms with Crippen LogP contribution in [0.5, 0.6) is 5.75 Å². The summed E-state index contributed by atoms with van der Waals surface area (Å²) in [6.07, 6.45) is 1.93. The Hall–Kier alpha value is -1.59. The van der Waals surface area contributed by atoms with Gasteiger partial charge in [-0.15, -0.1) is 0 Å². The highest BCUT2D eigenvalue weighted by atomic mass is 16.5. The number of methoxy groups -OCH3 is 1. The number of rotatable bonds is 5. The Balaban J connectivity index is 1.76. The van der Waals surface area contributed by atoms with Crippen LogP contribution in [0.3, 0.4) is 0 Å². The van der Waals surface area contributed by atoms with Gasteiger partial charge >= 0.3 is 0 Å². The van der Waals surface area contributed by atoms with Crippen molar-refractivity contribution in [2.75, 3.05) is 32.2 Å². The Morgan fingerprint density at radius 3 is 2.95 bits per heavy atom. The number of benzene rings is 1. The SMILES string of the molecule is COc1cccc(NC(=O)CNC2CCOCC2)c1. The predicted octanol–water partition coefficient (Wildman–Crippen LogP) is 1.40. The van der Waals surface area contributed by atoms with Crippen LogP contribution >= 0.6 is 0 Å². The quantitative estimate of drug-likeness (QED) is 0.844. The van der Waals surface area contributed by atoms with Gasteiger partial charge in [-0.2, -0.15) is 0 Å². The van der Waals surface area contributed by atoms with Crippen LogP contribution in [0.2, 0.25) is 0 Å². The highest BCUT2D eigenvalue weighted by molar-refractivity contribution is 5.92. The summed E-state index contributed by atoms with van der Waals surface area (Å²) in [6.45, 7) is 1.87. The van der Waals surface area contributed by atoms with Crippen LogP contribution in [0.15, 0.2) is 24.3 Å². The molecule has 104 valence electrons. The highest BCUT2D eigenvalue weighted by Gasteiger charge is 2.14. The molecule has 1 aliphatic heterocycles. The van der Waals surface area contributed by atoms with Crippen molar-refractivity contribution in [3.63, 3.8) is 0 Å². The van der Waals surface area contributed by atoms with Crippen LogP contribution in [0, 0.1) is 0 Å². The third kappa shape index (κ3) is 4.54. The van der Waals surface area contributed by atoms with E-state index in [1.807, 2.05) is 18.2 Å². The molecule has 0 atom stereocenters. The molecule has 19 heavy (non-hydrogen) atoms. The molecule has 0 radical (unpaired) electrons. The maximum Gasteiger partial charge on any atom is 0.238 e. The Kier molecular flexibility index (Phi) is 5.18. The summed E-state index contributed by atoms with van der Waals surface area (Å²) in [5.74, 6) is 0.690. The number of amides is 1. The van der Waals surface area contributed by atoms with E-state index in [0.29, 0.717) is 12.6 Å². The molecule has 2 rings (SSSR count). The summed E-state index contributed by atoms with van der Waals surface area (Å²) in [6, 6.07) is 7.71. The minimum atomic E-state index is -0.0419. The molecule has 5 nitrogen and oxygen atoms in total. The number of carbonyl (C=O) groups excluding carboxylic acids is 1. The largest absolute Gasteiger partial charge is 0.497 e. The minimum Gasteiger partial charge on any atom is -0.497 e. The van der Waals surface area contributed by atoms with E-state index in [4.69, 9.17) is 9.47 Å². The maximum atomic E-state index is 11.8. The van der Waals surface area contributed by atoms with Crippen LogP contribution in [0.1, 0.15) is 12.8 Å². The molecule has 1 aromatic carbocycles. The number of nitrogens with one attached hydrogen (secondary N) is 2. The lowest BCUT2D eigenvalue weighted by molar-refractivity contribution is -0.115. The average molecular weight is 264 g/mol. The summed E-state index contributed by atoms with van der Waals surface area (Å²) >= 11 is 0. The second-order valence-corrected chi connectivity index (χ2v) is 4.55. The fraction of sp³-hybridized carbons (Fsp3) is 0.500. The van der Waals surface area contributed by atoms with Gasteiger partial charge in [0.25, 0.3) is 0 Å². The molecular formula is C14H20N2O3. The molecule has 1 aliphatic rings. The molecule has 5 heteroatoms. The van der Waals surface area contributed by atoms with Crippen molar-refractivity contribution >= 4 is 11.6 Å². The lowest BCUT2D eigenvalue weighted by Gasteiger charge is -2.22. The summed E-state index contributed by atoms with van der Waals surface area (Å²) in [5.41, 5.74) is 0.748. The van der Waals surface area contributed by atoms with Crippen molar-refractivity contribution in [1.29, 1.82) is 0 Å². The molecular weight excluding hydrogens is 244 g/mol. The van der Waals surface area contributed by atoms with Gasteiger partial charge in [-0.1, -0.05) is 6.07 Å². The lowest BCUT2D eigenvalue weighted by Crippen LogP contribution is -2.39. The summed E-state index contributed by atoms with van der Waals surface area (Å²) in [4.78, 5) is 11.8. The topological polar surface area (TPSA) is 59.6 Å². The van der Waals surface area contributed by atoms with Crippen LogP contribution < -0.4 is 15.4 Å². The Morgan fingerprint density at radius 1 is 1.42 bits per heavy atom. The normalized spacial score (nSPS) is 16.1. The number of hydrogen-bond acceptors (Lipinski definition) is 4. The molecule has 0 aromatic heterocycles. The second kappa shape index (κ2) is 7.11. The lowest BCUT2D eigenvalue weighted by atomic mass is 10.1. The Bertz CT molecular complexity index is 417. The first-order valence-electron chi connectivity index (χ1n) is 6.53. The van der Waals surface area contributed by atoms with Crippen LogP contribution in [-0.4, -0.2) is 38.8 Å². The van der Waals surface area contributed by atoms with E-state index >= 15 is 0 Å². The number of anilines is 1. The molecule has 0 spiro atoms. The van der Waals surface area contributed by atoms with Gasteiger partial charge in [0.05, 0.1) is 13.7 Å². The zero-order valence-corrected chi connectivity index (χ0v) is 11.1. The molecule has 1 aromatic rings. The van der Waals surface area contributed by atoms with Crippen molar-refractivity contribution in [3.8, 4) is 5.75 Å². The first kappa shape index (κ1) is 13.8. The smallest absolute Gasteiger partial charge is 0.238 e. The van der Waals surface area contributed by atoms with E-state index in [-0.39, 0.29) is 5.91 Å². The van der Waals surface area contributed by atoms with Crippen molar-refractivity contribution < 1.29 is 14.3 Å². The standard InChI is InChI=1S/C14H20N2O3/c1-18-13-4-2-3-12(9-13)16-14(17)10-15-11-5-7-19-8-6-11/h2-4,9,11,15H,5-8,10H2,1H3,(H,16,17). The Labute approximate surface area is 113 Å². The van der Waals surface area contributed by atoms with E-state index < -0.39 is 0 Å². The highest BCUT2D eigenvalue weighted by Crippen LogP contribution is 2.16. The van der Waals surface area contributed by atoms with E-state index in [1.165, 1.54) is 0 Å². The summed E-state index contributed by atoms with van der Waals surface area (Å²) in [7, 11) is 1.60. The molecule has 1 amide bonds. The molecule has 0 bridgehead atoms. The van der Waals surface area contributed by atoms with Gasteiger partial charge in [0, 0.05) is 31.0 Å². The van der Waals surface area contributed by atoms with Gasteiger partial charge in [-0.05, 0) is 25.0 Å². The zero-order valence-electron chi connectivity index (χ0n) is 11.1. The van der Waals surface area contributed by atoms with Gasteiger partial charge in [-0.25, -0.2) is 0 Å². The second-order valence-electron chi connectivity index (χ2n) is 4.55. The fourth-order valence-electron chi connectivity index (χ4n) is 2.04. The van der Waals surface area contributed by atoms with Gasteiger partial charge in [-0.3, -0.25) is 4.79 Å². The van der Waals surface area contributed by atoms with Crippen molar-refractivity contribution in [1.82, 2.24) is 5.32 Å². The molecule has 2 N–H and O–H groups in total. The van der Waals surface area contributed by atoms with Crippen LogP contribution in [-0.2, 0) is 9.53 Å². The monoisotopic (exact) mass is 264 g/mol. The van der Waals surface area contributed by atoms with Crippen LogP contribution in [0.25, 0.3) is 0 Å². The molecule has 1 fully saturated rings. The molecule has 1 saturated heterocycles. The van der Waals surface area contributed by atoms with Crippen LogP contribution in [0.4, 0.5) is 5.69 Å². The minimum absolute atomic E-state index is 0.0419. The van der Waals surface area contributed by atoms with Gasteiger partial charge in [0.2, 0.25) is 5.91 Å². The first-order valence-corrected chi connectivity index (χ1v) is 6.53. The third-order valence-corrected chi connectivity index (χ3v) is 3.13. The third-order valence-electron chi connectivity index (χ3n) is 3.13. The van der Waals surface area contributed by atoms with Gasteiger partial charge in [0.15, 0.2) is 0 Å². The van der Waals surface area contributed by atoms with Crippen molar-refractivity contribution in [2.45, 2.75) is 18.9 Å². The molecule has 0 aliphatic carbocycles. The van der Waals surface area contributed by atoms with Crippen molar-refractivity contribution in [3.05, 3.63) is 24.3 Å². The zero-order chi connectivity index (χ0) is 13.5. The molecule has 0 saturated carbocycles. The number of ether oxygens (including phenoxy) is 2. The fourth-order valence-corrected chi connectivity index (χ4v) is 2.04. The predicted molar refractivity (Wildman–Crippen MR) is 73.5 cm³/mol. The van der Waals surface area contributed by atoms with E-state index in [2.05, 4.69) is 10.6 Å².